The number of rotatable bonds is 5. The number of amides is 2. The van der Waals surface area contributed by atoms with Crippen LogP contribution in [0.5, 0.6) is 0 Å². The number of alkyl halides is 2. The highest BCUT2D eigenvalue weighted by atomic mass is 32.2. The molecule has 5 nitrogen and oxygen atoms in total. The summed E-state index contributed by atoms with van der Waals surface area (Å²) in [4.78, 5) is 25.6. The number of nitrogens with zero attached hydrogens (tertiary/aromatic N) is 1. The fourth-order valence-corrected chi connectivity index (χ4v) is 2.93. The molecule has 0 unspecified atom stereocenters. The standard InChI is InChI=1S/C17H14F2N2O3S/c18-16(19)25-14-3-1-2-12(10-14)20-15(22)11-4-6-13(7-5-11)21-8-9-24-17(21)23/h1-7,10,16H,8-9H2,(H,20,22). The zero-order valence-electron chi connectivity index (χ0n) is 12.9. The fourth-order valence-electron chi connectivity index (χ4n) is 2.37. The van der Waals surface area contributed by atoms with Crippen molar-refractivity contribution in [2.75, 3.05) is 23.4 Å². The van der Waals surface area contributed by atoms with Crippen LogP contribution in [-0.2, 0) is 4.74 Å². The number of benzene rings is 2. The van der Waals surface area contributed by atoms with Crippen LogP contribution in [0.15, 0.2) is 53.4 Å². The summed E-state index contributed by atoms with van der Waals surface area (Å²) in [7, 11) is 0. The average Bonchev–Trinajstić information content (AvgIpc) is 3.01. The van der Waals surface area contributed by atoms with Crippen LogP contribution < -0.4 is 10.2 Å². The van der Waals surface area contributed by atoms with Crippen LogP contribution in [0.2, 0.25) is 0 Å². The predicted molar refractivity (Wildman–Crippen MR) is 91.4 cm³/mol. The van der Waals surface area contributed by atoms with Crippen LogP contribution in [0, 0.1) is 0 Å². The topological polar surface area (TPSA) is 58.6 Å². The number of halogens is 2. The van der Waals surface area contributed by atoms with Crippen molar-refractivity contribution >= 4 is 35.1 Å². The molecule has 2 amide bonds. The van der Waals surface area contributed by atoms with Gasteiger partial charge in [0.15, 0.2) is 0 Å². The molecule has 0 radical (unpaired) electrons. The van der Waals surface area contributed by atoms with E-state index in [2.05, 4.69) is 5.32 Å². The number of thioether (sulfide) groups is 1. The molecule has 1 fully saturated rings. The van der Waals surface area contributed by atoms with E-state index in [9.17, 15) is 18.4 Å². The number of anilines is 2. The molecule has 2 aromatic rings. The zero-order chi connectivity index (χ0) is 17.8. The third kappa shape index (κ3) is 4.27. The summed E-state index contributed by atoms with van der Waals surface area (Å²) < 4.78 is 29.7. The quantitative estimate of drug-likeness (QED) is 0.808. The summed E-state index contributed by atoms with van der Waals surface area (Å²) in [6.07, 6.45) is -0.412. The molecule has 1 aliphatic heterocycles. The Bertz CT molecular complexity index is 784. The lowest BCUT2D eigenvalue weighted by Crippen LogP contribution is -2.23. The van der Waals surface area contributed by atoms with Crippen LogP contribution in [0.4, 0.5) is 25.0 Å². The summed E-state index contributed by atoms with van der Waals surface area (Å²) in [6.45, 7) is 0.813. The molecule has 3 rings (SSSR count). The van der Waals surface area contributed by atoms with Crippen molar-refractivity contribution in [2.24, 2.45) is 0 Å². The molecule has 1 aliphatic rings. The second kappa shape index (κ2) is 7.52. The van der Waals surface area contributed by atoms with Gasteiger partial charge >= 0.3 is 6.09 Å². The molecule has 0 aromatic heterocycles. The molecule has 0 aliphatic carbocycles. The molecule has 0 bridgehead atoms. The molecule has 0 atom stereocenters. The van der Waals surface area contributed by atoms with E-state index in [0.29, 0.717) is 46.7 Å². The van der Waals surface area contributed by atoms with Crippen molar-refractivity contribution in [3.8, 4) is 0 Å². The maximum Gasteiger partial charge on any atom is 0.414 e. The normalized spacial score (nSPS) is 13.9. The molecule has 8 heteroatoms. The SMILES string of the molecule is O=C(Nc1cccc(SC(F)F)c1)c1ccc(N2CCOC2=O)cc1. The molecule has 2 aromatic carbocycles. The maximum atomic E-state index is 12.4. The van der Waals surface area contributed by atoms with Gasteiger partial charge in [-0.15, -0.1) is 0 Å². The van der Waals surface area contributed by atoms with Crippen molar-refractivity contribution in [1.82, 2.24) is 0 Å². The molecule has 0 spiro atoms. The second-order valence-electron chi connectivity index (χ2n) is 5.17. The first-order valence-corrected chi connectivity index (χ1v) is 8.31. The highest BCUT2D eigenvalue weighted by Gasteiger charge is 2.23. The summed E-state index contributed by atoms with van der Waals surface area (Å²) in [6, 6.07) is 12.8. The fraction of sp³-hybridized carbons (Fsp3) is 0.176. The smallest absolute Gasteiger partial charge is 0.414 e. The van der Waals surface area contributed by atoms with E-state index >= 15 is 0 Å². The Morgan fingerprint density at radius 1 is 1.20 bits per heavy atom. The zero-order valence-corrected chi connectivity index (χ0v) is 13.8. The Kier molecular flexibility index (Phi) is 5.18. The monoisotopic (exact) mass is 364 g/mol. The van der Waals surface area contributed by atoms with Crippen LogP contribution in [0.25, 0.3) is 0 Å². The van der Waals surface area contributed by atoms with E-state index in [0.717, 1.165) is 0 Å². The molecular weight excluding hydrogens is 350 g/mol. The Balaban J connectivity index is 1.68. The van der Waals surface area contributed by atoms with Gasteiger partial charge < -0.3 is 10.1 Å². The number of ether oxygens (including phenoxy) is 1. The van der Waals surface area contributed by atoms with Gasteiger partial charge in [0, 0.05) is 21.8 Å². The van der Waals surface area contributed by atoms with E-state index in [-0.39, 0.29) is 5.91 Å². The lowest BCUT2D eigenvalue weighted by Gasteiger charge is -2.13. The van der Waals surface area contributed by atoms with Crippen LogP contribution in [0.1, 0.15) is 10.4 Å². The molecule has 130 valence electrons. The third-order valence-corrected chi connectivity index (χ3v) is 4.22. The maximum absolute atomic E-state index is 12.4. The van der Waals surface area contributed by atoms with Crippen molar-refractivity contribution in [3.63, 3.8) is 0 Å². The van der Waals surface area contributed by atoms with Gasteiger partial charge in [-0.1, -0.05) is 17.8 Å². The number of carbonyl (C=O) groups is 2. The van der Waals surface area contributed by atoms with Crippen molar-refractivity contribution < 1.29 is 23.1 Å². The van der Waals surface area contributed by atoms with Crippen LogP contribution >= 0.6 is 11.8 Å². The Hall–Kier alpha value is -2.61. The number of nitrogens with one attached hydrogen (secondary N) is 1. The highest BCUT2D eigenvalue weighted by molar-refractivity contribution is 7.99. The molecular formula is C17H14F2N2O3S. The van der Waals surface area contributed by atoms with Gasteiger partial charge in [0.1, 0.15) is 6.61 Å². The summed E-state index contributed by atoms with van der Waals surface area (Å²) in [5, 5.41) is 2.67. The molecule has 25 heavy (non-hydrogen) atoms. The van der Waals surface area contributed by atoms with E-state index in [1.165, 1.54) is 11.0 Å². The predicted octanol–water partition coefficient (Wildman–Crippen LogP) is 4.21. The minimum absolute atomic E-state index is 0.341. The van der Waals surface area contributed by atoms with Gasteiger partial charge in [-0.05, 0) is 42.5 Å². The van der Waals surface area contributed by atoms with E-state index in [1.54, 1.807) is 42.5 Å². The van der Waals surface area contributed by atoms with E-state index < -0.39 is 11.9 Å². The third-order valence-electron chi connectivity index (χ3n) is 3.52. The minimum Gasteiger partial charge on any atom is -0.447 e. The molecule has 1 saturated heterocycles. The van der Waals surface area contributed by atoms with Crippen molar-refractivity contribution in [3.05, 3.63) is 54.1 Å². The number of carbonyl (C=O) groups excluding carboxylic acids is 2. The van der Waals surface area contributed by atoms with Gasteiger partial charge in [0.05, 0.1) is 6.54 Å². The number of cyclic esters (lactones) is 1. The average molecular weight is 364 g/mol. The first kappa shape index (κ1) is 17.2. The number of hydrogen-bond acceptors (Lipinski definition) is 4. The van der Waals surface area contributed by atoms with Crippen LogP contribution in [0.3, 0.4) is 0 Å². The summed E-state index contributed by atoms with van der Waals surface area (Å²) >= 11 is 0.418. The summed E-state index contributed by atoms with van der Waals surface area (Å²) in [5.41, 5.74) is 1.47. The second-order valence-corrected chi connectivity index (χ2v) is 6.24. The van der Waals surface area contributed by atoms with Crippen molar-refractivity contribution in [2.45, 2.75) is 10.7 Å². The Morgan fingerprint density at radius 2 is 1.96 bits per heavy atom. The first-order valence-electron chi connectivity index (χ1n) is 7.43. The highest BCUT2D eigenvalue weighted by Crippen LogP contribution is 2.27. The van der Waals surface area contributed by atoms with Crippen molar-refractivity contribution in [1.29, 1.82) is 0 Å². The van der Waals surface area contributed by atoms with Gasteiger partial charge in [0.2, 0.25) is 0 Å². The van der Waals surface area contributed by atoms with Gasteiger partial charge in [-0.3, -0.25) is 9.69 Å². The van der Waals surface area contributed by atoms with Crippen LogP contribution in [-0.4, -0.2) is 30.9 Å². The van der Waals surface area contributed by atoms with Gasteiger partial charge in [-0.25, -0.2) is 4.79 Å². The largest absolute Gasteiger partial charge is 0.447 e. The molecule has 0 saturated carbocycles. The minimum atomic E-state index is -2.52. The van der Waals surface area contributed by atoms with Gasteiger partial charge in [0.25, 0.3) is 11.7 Å². The lowest BCUT2D eigenvalue weighted by atomic mass is 10.1. The van der Waals surface area contributed by atoms with E-state index in [4.69, 9.17) is 4.74 Å². The molecule has 1 heterocycles. The lowest BCUT2D eigenvalue weighted by molar-refractivity contribution is 0.102. The van der Waals surface area contributed by atoms with Gasteiger partial charge in [-0.2, -0.15) is 8.78 Å². The molecule has 1 N–H and O–H groups in total. The Labute approximate surface area is 147 Å². The Morgan fingerprint density at radius 3 is 2.60 bits per heavy atom. The van der Waals surface area contributed by atoms with E-state index in [1.807, 2.05) is 0 Å². The number of hydrogen-bond donors (Lipinski definition) is 1. The first-order chi connectivity index (χ1) is 12.0. The summed E-state index contributed by atoms with van der Waals surface area (Å²) in [5.74, 6) is -2.88.